The number of hydrogen-bond acceptors (Lipinski definition) is 6. The average Bonchev–Trinajstić information content (AvgIpc) is 3.14. The number of aryl methyl sites for hydroxylation is 1. The Labute approximate surface area is 191 Å². The van der Waals surface area contributed by atoms with Gasteiger partial charge in [-0.25, -0.2) is 0 Å². The molecule has 32 heavy (non-hydrogen) atoms. The van der Waals surface area contributed by atoms with Crippen molar-refractivity contribution in [2.45, 2.75) is 32.0 Å². The van der Waals surface area contributed by atoms with E-state index in [0.717, 1.165) is 11.3 Å². The van der Waals surface area contributed by atoms with E-state index in [-0.39, 0.29) is 23.6 Å². The second kappa shape index (κ2) is 10.8. The summed E-state index contributed by atoms with van der Waals surface area (Å²) < 4.78 is 7.19. The summed E-state index contributed by atoms with van der Waals surface area (Å²) in [7, 11) is 1.82. The molecular weight excluding hydrogens is 426 g/mol. The highest BCUT2D eigenvalue weighted by molar-refractivity contribution is 7.99. The predicted molar refractivity (Wildman–Crippen MR) is 125 cm³/mol. The molecule has 0 aliphatic heterocycles. The predicted octanol–water partition coefficient (Wildman–Crippen LogP) is 3.74. The molecule has 0 aliphatic carbocycles. The fourth-order valence-corrected chi connectivity index (χ4v) is 3.81. The Morgan fingerprint density at radius 2 is 1.91 bits per heavy atom. The van der Waals surface area contributed by atoms with Crippen LogP contribution in [0.3, 0.4) is 0 Å². The number of thioether (sulfide) groups is 1. The number of carbonyl (C=O) groups is 2. The molecule has 8 nitrogen and oxygen atoms in total. The first-order valence-corrected chi connectivity index (χ1v) is 11.3. The van der Waals surface area contributed by atoms with Crippen molar-refractivity contribution in [3.63, 3.8) is 0 Å². The minimum absolute atomic E-state index is 0.149. The Morgan fingerprint density at radius 3 is 2.59 bits per heavy atom. The highest BCUT2D eigenvalue weighted by Gasteiger charge is 2.19. The minimum Gasteiger partial charge on any atom is -0.494 e. The Balaban J connectivity index is 1.54. The van der Waals surface area contributed by atoms with Crippen molar-refractivity contribution in [1.29, 1.82) is 0 Å². The number of anilines is 1. The first-order chi connectivity index (χ1) is 15.4. The topological polar surface area (TPSA) is 98.1 Å². The van der Waals surface area contributed by atoms with Gasteiger partial charge in [0.25, 0.3) is 5.91 Å². The molecule has 168 valence electrons. The second-order valence-electron chi connectivity index (χ2n) is 7.26. The van der Waals surface area contributed by atoms with E-state index in [2.05, 4.69) is 20.8 Å². The zero-order valence-electron chi connectivity index (χ0n) is 18.6. The summed E-state index contributed by atoms with van der Waals surface area (Å²) in [6.45, 7) is 6.31. The molecule has 0 aliphatic rings. The van der Waals surface area contributed by atoms with E-state index in [0.29, 0.717) is 28.8 Å². The maximum Gasteiger partial charge on any atom is 0.251 e. The van der Waals surface area contributed by atoms with Crippen LogP contribution in [0.1, 0.15) is 41.6 Å². The van der Waals surface area contributed by atoms with Gasteiger partial charge in [-0.05, 0) is 57.2 Å². The molecule has 1 aromatic heterocycles. The molecule has 3 rings (SSSR count). The van der Waals surface area contributed by atoms with Crippen LogP contribution in [0.25, 0.3) is 0 Å². The van der Waals surface area contributed by atoms with Gasteiger partial charge in [-0.3, -0.25) is 9.59 Å². The fraction of sp³-hybridized carbons (Fsp3) is 0.304. The lowest BCUT2D eigenvalue weighted by Gasteiger charge is -2.14. The lowest BCUT2D eigenvalue weighted by atomic mass is 10.1. The molecule has 1 unspecified atom stereocenters. The number of nitrogens with zero attached hydrogens (tertiary/aromatic N) is 3. The number of ether oxygens (including phenoxy) is 1. The normalized spacial score (nSPS) is 11.6. The van der Waals surface area contributed by atoms with Gasteiger partial charge in [0.1, 0.15) is 5.75 Å². The van der Waals surface area contributed by atoms with Crippen LogP contribution in [-0.2, 0) is 11.8 Å². The molecule has 1 heterocycles. The number of carbonyl (C=O) groups excluding carboxylic acids is 2. The van der Waals surface area contributed by atoms with Crippen LogP contribution < -0.4 is 15.4 Å². The number of rotatable bonds is 9. The smallest absolute Gasteiger partial charge is 0.251 e. The molecule has 0 bridgehead atoms. The lowest BCUT2D eigenvalue weighted by Crippen LogP contribution is -2.28. The van der Waals surface area contributed by atoms with Crippen molar-refractivity contribution >= 4 is 29.3 Å². The third kappa shape index (κ3) is 6.10. The van der Waals surface area contributed by atoms with Gasteiger partial charge in [-0.15, -0.1) is 10.2 Å². The Kier molecular flexibility index (Phi) is 7.88. The number of hydrogen-bond donors (Lipinski definition) is 2. The largest absolute Gasteiger partial charge is 0.494 e. The average molecular weight is 454 g/mol. The molecule has 0 fully saturated rings. The van der Waals surface area contributed by atoms with Gasteiger partial charge in [-0.1, -0.05) is 29.5 Å². The van der Waals surface area contributed by atoms with Crippen molar-refractivity contribution in [2.24, 2.45) is 7.05 Å². The molecule has 0 spiro atoms. The van der Waals surface area contributed by atoms with E-state index < -0.39 is 0 Å². The van der Waals surface area contributed by atoms with Crippen molar-refractivity contribution in [3.05, 3.63) is 65.5 Å². The molecule has 0 saturated carbocycles. The van der Waals surface area contributed by atoms with E-state index in [9.17, 15) is 9.59 Å². The molecule has 1 atom stereocenters. The quantitative estimate of drug-likeness (QED) is 0.479. The van der Waals surface area contributed by atoms with Gasteiger partial charge in [0.15, 0.2) is 11.0 Å². The van der Waals surface area contributed by atoms with E-state index in [1.54, 1.807) is 22.8 Å². The number of benzene rings is 2. The molecule has 0 radical (unpaired) electrons. The van der Waals surface area contributed by atoms with E-state index in [1.165, 1.54) is 11.8 Å². The summed E-state index contributed by atoms with van der Waals surface area (Å²) in [5, 5.41) is 14.8. The summed E-state index contributed by atoms with van der Waals surface area (Å²) in [5.41, 5.74) is 2.32. The van der Waals surface area contributed by atoms with Gasteiger partial charge in [-0.2, -0.15) is 0 Å². The minimum atomic E-state index is -0.340. The van der Waals surface area contributed by atoms with Crippen LogP contribution in [0.5, 0.6) is 5.75 Å². The molecule has 2 aromatic carbocycles. The summed E-state index contributed by atoms with van der Waals surface area (Å²) in [5.74, 6) is 1.23. The third-order valence-corrected chi connectivity index (χ3v) is 5.69. The van der Waals surface area contributed by atoms with Gasteiger partial charge in [0.2, 0.25) is 5.91 Å². The molecule has 2 amide bonds. The van der Waals surface area contributed by atoms with Crippen LogP contribution in [0, 0.1) is 6.92 Å². The number of aromatic nitrogens is 3. The molecular formula is C23H27N5O3S. The standard InChI is InChI=1S/C23H27N5O3S/c1-5-31-19-11-9-18(10-12-19)25-20(29)14-32-23-27-26-21(28(23)4)16(3)24-22(30)17-8-6-7-15(2)13-17/h6-13,16H,5,14H2,1-4H3,(H,24,30)(H,25,29). The van der Waals surface area contributed by atoms with Crippen molar-refractivity contribution < 1.29 is 14.3 Å². The Bertz CT molecular complexity index is 1080. The third-order valence-electron chi connectivity index (χ3n) is 4.67. The Morgan fingerprint density at radius 1 is 1.16 bits per heavy atom. The maximum absolute atomic E-state index is 12.5. The lowest BCUT2D eigenvalue weighted by molar-refractivity contribution is -0.113. The summed E-state index contributed by atoms with van der Waals surface area (Å²) in [4.78, 5) is 24.8. The van der Waals surface area contributed by atoms with Crippen LogP contribution in [0.4, 0.5) is 5.69 Å². The van der Waals surface area contributed by atoms with Gasteiger partial charge in [0, 0.05) is 18.3 Å². The van der Waals surface area contributed by atoms with Crippen molar-refractivity contribution in [2.75, 3.05) is 17.7 Å². The SMILES string of the molecule is CCOc1ccc(NC(=O)CSc2nnc(C(C)NC(=O)c3cccc(C)c3)n2C)cc1. The monoisotopic (exact) mass is 453 g/mol. The summed E-state index contributed by atoms with van der Waals surface area (Å²) in [6, 6.07) is 14.3. The highest BCUT2D eigenvalue weighted by Crippen LogP contribution is 2.21. The first kappa shape index (κ1) is 23.3. The first-order valence-electron chi connectivity index (χ1n) is 10.3. The van der Waals surface area contributed by atoms with Crippen LogP contribution in [-0.4, -0.2) is 38.9 Å². The molecule has 9 heteroatoms. The van der Waals surface area contributed by atoms with E-state index in [1.807, 2.05) is 58.2 Å². The molecule has 2 N–H and O–H groups in total. The number of amides is 2. The van der Waals surface area contributed by atoms with Gasteiger partial charge in [0.05, 0.1) is 18.4 Å². The second-order valence-corrected chi connectivity index (χ2v) is 8.20. The summed E-state index contributed by atoms with van der Waals surface area (Å²) in [6.07, 6.45) is 0. The molecule has 3 aromatic rings. The maximum atomic E-state index is 12.5. The highest BCUT2D eigenvalue weighted by atomic mass is 32.2. The zero-order chi connectivity index (χ0) is 23.1. The van der Waals surface area contributed by atoms with Crippen LogP contribution in [0.15, 0.2) is 53.7 Å². The van der Waals surface area contributed by atoms with E-state index >= 15 is 0 Å². The van der Waals surface area contributed by atoms with Gasteiger partial charge < -0.3 is 19.9 Å². The Hall–Kier alpha value is -3.33. The van der Waals surface area contributed by atoms with Crippen LogP contribution >= 0.6 is 11.8 Å². The van der Waals surface area contributed by atoms with Gasteiger partial charge >= 0.3 is 0 Å². The summed E-state index contributed by atoms with van der Waals surface area (Å²) >= 11 is 1.28. The number of nitrogens with one attached hydrogen (secondary N) is 2. The molecule has 0 saturated heterocycles. The van der Waals surface area contributed by atoms with E-state index in [4.69, 9.17) is 4.74 Å². The van der Waals surface area contributed by atoms with Crippen molar-refractivity contribution in [3.8, 4) is 5.75 Å². The van der Waals surface area contributed by atoms with Crippen molar-refractivity contribution in [1.82, 2.24) is 20.1 Å². The fourth-order valence-electron chi connectivity index (χ4n) is 3.09. The zero-order valence-corrected chi connectivity index (χ0v) is 19.4. The van der Waals surface area contributed by atoms with Crippen LogP contribution in [0.2, 0.25) is 0 Å².